The quantitative estimate of drug-likeness (QED) is 0.796. The van der Waals surface area contributed by atoms with Crippen molar-refractivity contribution in [2.24, 2.45) is 5.41 Å². The van der Waals surface area contributed by atoms with Gasteiger partial charge in [0.25, 0.3) is 0 Å². The molecule has 1 amide bonds. The number of aromatic nitrogens is 1. The van der Waals surface area contributed by atoms with Crippen molar-refractivity contribution in [3.63, 3.8) is 0 Å². The van der Waals surface area contributed by atoms with E-state index in [0.29, 0.717) is 13.0 Å². The second-order valence-corrected chi connectivity index (χ2v) is 4.82. The number of hydrogen-bond donors (Lipinski definition) is 2. The summed E-state index contributed by atoms with van der Waals surface area (Å²) in [5.41, 5.74) is 0.0589. The Bertz CT molecular complexity index is 416. The highest BCUT2D eigenvalue weighted by molar-refractivity contribution is 5.84. The Labute approximate surface area is 106 Å². The zero-order valence-corrected chi connectivity index (χ0v) is 10.6. The van der Waals surface area contributed by atoms with E-state index in [1.165, 1.54) is 13.8 Å². The number of aliphatic carboxylic acids is 1. The molecule has 1 aromatic heterocycles. The van der Waals surface area contributed by atoms with Crippen LogP contribution < -0.4 is 5.32 Å². The zero-order chi connectivity index (χ0) is 13.6. The van der Waals surface area contributed by atoms with Crippen LogP contribution in [0.15, 0.2) is 24.5 Å². The van der Waals surface area contributed by atoms with Gasteiger partial charge in [0, 0.05) is 25.4 Å². The Balaban J connectivity index is 2.32. The van der Waals surface area contributed by atoms with Crippen LogP contribution in [0.3, 0.4) is 0 Å². The average molecular weight is 250 g/mol. The summed E-state index contributed by atoms with van der Waals surface area (Å²) < 4.78 is 0. The maximum Gasteiger partial charge on any atom is 0.309 e. The first kappa shape index (κ1) is 14.2. The number of nitrogens with one attached hydrogen (secondary N) is 1. The van der Waals surface area contributed by atoms with Crippen molar-refractivity contribution >= 4 is 11.9 Å². The number of nitrogens with zero attached hydrogens (tertiary/aromatic N) is 1. The minimum Gasteiger partial charge on any atom is -0.481 e. The third-order valence-electron chi connectivity index (χ3n) is 2.67. The van der Waals surface area contributed by atoms with E-state index in [1.807, 2.05) is 12.1 Å². The predicted molar refractivity (Wildman–Crippen MR) is 67.0 cm³/mol. The highest BCUT2D eigenvalue weighted by Gasteiger charge is 2.29. The summed E-state index contributed by atoms with van der Waals surface area (Å²) in [5.74, 6) is -1.21. The molecule has 0 spiro atoms. The van der Waals surface area contributed by atoms with Crippen LogP contribution >= 0.6 is 0 Å². The lowest BCUT2D eigenvalue weighted by atomic mass is 9.89. The van der Waals surface area contributed by atoms with Gasteiger partial charge in [-0.05, 0) is 38.0 Å². The molecule has 0 aromatic carbocycles. The van der Waals surface area contributed by atoms with E-state index in [1.54, 1.807) is 12.4 Å². The molecule has 0 unspecified atom stereocenters. The van der Waals surface area contributed by atoms with Crippen molar-refractivity contribution in [3.05, 3.63) is 30.1 Å². The van der Waals surface area contributed by atoms with E-state index in [9.17, 15) is 9.59 Å². The second-order valence-electron chi connectivity index (χ2n) is 4.82. The van der Waals surface area contributed by atoms with Crippen molar-refractivity contribution in [1.29, 1.82) is 0 Å². The summed E-state index contributed by atoms with van der Waals surface area (Å²) in [6.07, 6.45) is 4.09. The van der Waals surface area contributed by atoms with Crippen LogP contribution in [0.2, 0.25) is 0 Å². The number of carboxylic acids is 1. The van der Waals surface area contributed by atoms with Crippen molar-refractivity contribution in [3.8, 4) is 0 Å². The van der Waals surface area contributed by atoms with Gasteiger partial charge in [0.15, 0.2) is 0 Å². The molecule has 1 rings (SSSR count). The van der Waals surface area contributed by atoms with Gasteiger partial charge in [0.2, 0.25) is 5.91 Å². The highest BCUT2D eigenvalue weighted by atomic mass is 16.4. The van der Waals surface area contributed by atoms with Crippen molar-refractivity contribution in [2.45, 2.75) is 26.7 Å². The molecule has 0 radical (unpaired) electrons. The zero-order valence-electron chi connectivity index (χ0n) is 10.6. The van der Waals surface area contributed by atoms with E-state index in [2.05, 4.69) is 10.3 Å². The molecule has 1 aromatic rings. The van der Waals surface area contributed by atoms with Gasteiger partial charge < -0.3 is 10.4 Å². The molecule has 0 aliphatic rings. The van der Waals surface area contributed by atoms with Crippen LogP contribution in [0, 0.1) is 5.41 Å². The van der Waals surface area contributed by atoms with Gasteiger partial charge in [-0.2, -0.15) is 0 Å². The molecule has 2 N–H and O–H groups in total. The molecule has 0 bridgehead atoms. The first-order chi connectivity index (χ1) is 8.42. The molecule has 0 saturated heterocycles. The summed E-state index contributed by atoms with van der Waals surface area (Å²) >= 11 is 0. The maximum absolute atomic E-state index is 11.6. The van der Waals surface area contributed by atoms with Gasteiger partial charge in [-0.1, -0.05) is 0 Å². The molecular formula is C13H18N2O3. The van der Waals surface area contributed by atoms with E-state index in [-0.39, 0.29) is 12.3 Å². The number of rotatable bonds is 6. The third kappa shape index (κ3) is 4.53. The first-order valence-corrected chi connectivity index (χ1v) is 5.81. The molecular weight excluding hydrogens is 232 g/mol. The van der Waals surface area contributed by atoms with Gasteiger partial charge in [-0.15, -0.1) is 0 Å². The average Bonchev–Trinajstić information content (AvgIpc) is 2.29. The molecule has 5 nitrogen and oxygen atoms in total. The molecule has 0 fully saturated rings. The minimum atomic E-state index is -1.03. The number of amides is 1. The molecule has 0 atom stereocenters. The van der Waals surface area contributed by atoms with E-state index >= 15 is 0 Å². The molecule has 0 aliphatic heterocycles. The fraction of sp³-hybridized carbons (Fsp3) is 0.462. The maximum atomic E-state index is 11.6. The van der Waals surface area contributed by atoms with Crippen LogP contribution in [0.1, 0.15) is 25.8 Å². The third-order valence-corrected chi connectivity index (χ3v) is 2.67. The topological polar surface area (TPSA) is 79.3 Å². The summed E-state index contributed by atoms with van der Waals surface area (Å²) in [5, 5.41) is 11.6. The summed E-state index contributed by atoms with van der Waals surface area (Å²) in [6.45, 7) is 3.58. The Morgan fingerprint density at radius 2 is 1.94 bits per heavy atom. The van der Waals surface area contributed by atoms with Crippen LogP contribution in [0.5, 0.6) is 0 Å². The molecule has 0 saturated carbocycles. The van der Waals surface area contributed by atoms with Crippen LogP contribution in [0.4, 0.5) is 0 Å². The molecule has 0 aliphatic carbocycles. The number of carboxylic acid groups (broad SMARTS) is 1. The second kappa shape index (κ2) is 6.14. The Hall–Kier alpha value is -1.91. The monoisotopic (exact) mass is 250 g/mol. The van der Waals surface area contributed by atoms with E-state index in [4.69, 9.17) is 5.11 Å². The molecule has 1 heterocycles. The van der Waals surface area contributed by atoms with E-state index in [0.717, 1.165) is 5.56 Å². The molecule has 5 heteroatoms. The summed E-state index contributed by atoms with van der Waals surface area (Å²) in [4.78, 5) is 26.3. The largest absolute Gasteiger partial charge is 0.481 e. The minimum absolute atomic E-state index is 0.0152. The van der Waals surface area contributed by atoms with E-state index < -0.39 is 11.4 Å². The Kier molecular flexibility index (Phi) is 4.83. The fourth-order valence-corrected chi connectivity index (χ4v) is 1.44. The molecule has 18 heavy (non-hydrogen) atoms. The smallest absolute Gasteiger partial charge is 0.309 e. The lowest BCUT2D eigenvalue weighted by Crippen LogP contribution is -2.34. The number of carbonyl (C=O) groups excluding carboxylic acids is 1. The number of pyridine rings is 1. The van der Waals surface area contributed by atoms with Crippen molar-refractivity contribution in [2.75, 3.05) is 6.54 Å². The Morgan fingerprint density at radius 3 is 2.50 bits per heavy atom. The van der Waals surface area contributed by atoms with Crippen molar-refractivity contribution in [1.82, 2.24) is 10.3 Å². The predicted octanol–water partition coefficient (Wildman–Crippen LogP) is 1.24. The fourth-order valence-electron chi connectivity index (χ4n) is 1.44. The van der Waals surface area contributed by atoms with Crippen molar-refractivity contribution < 1.29 is 14.7 Å². The SMILES string of the molecule is CC(C)(CC(=O)NCCc1ccncc1)C(=O)O. The van der Waals surface area contributed by atoms with Crippen LogP contribution in [-0.4, -0.2) is 28.5 Å². The number of carbonyl (C=O) groups is 2. The highest BCUT2D eigenvalue weighted by Crippen LogP contribution is 2.19. The van der Waals surface area contributed by atoms with Gasteiger partial charge in [-0.3, -0.25) is 14.6 Å². The van der Waals surface area contributed by atoms with Crippen LogP contribution in [0.25, 0.3) is 0 Å². The summed E-state index contributed by atoms with van der Waals surface area (Å²) in [6, 6.07) is 3.76. The van der Waals surface area contributed by atoms with Crippen LogP contribution in [-0.2, 0) is 16.0 Å². The Morgan fingerprint density at radius 1 is 1.33 bits per heavy atom. The molecule has 98 valence electrons. The lowest BCUT2D eigenvalue weighted by molar-refractivity contribution is -0.149. The summed E-state index contributed by atoms with van der Waals surface area (Å²) in [7, 11) is 0. The normalized spacial score (nSPS) is 11.0. The standard InChI is InChI=1S/C13H18N2O3/c1-13(2,12(17)18)9-11(16)15-8-5-10-3-6-14-7-4-10/h3-4,6-7H,5,8-9H2,1-2H3,(H,15,16)(H,17,18). The van der Waals surface area contributed by atoms with Gasteiger partial charge >= 0.3 is 5.97 Å². The lowest BCUT2D eigenvalue weighted by Gasteiger charge is -2.18. The van der Waals surface area contributed by atoms with Gasteiger partial charge in [0.1, 0.15) is 0 Å². The first-order valence-electron chi connectivity index (χ1n) is 5.81. The van der Waals surface area contributed by atoms with Gasteiger partial charge in [-0.25, -0.2) is 0 Å². The number of hydrogen-bond acceptors (Lipinski definition) is 3. The van der Waals surface area contributed by atoms with Gasteiger partial charge in [0.05, 0.1) is 5.41 Å².